The van der Waals surface area contributed by atoms with Crippen LogP contribution in [0.1, 0.15) is 39.3 Å². The normalized spacial score (nSPS) is 12.2. The molecule has 0 spiro atoms. The summed E-state index contributed by atoms with van der Waals surface area (Å²) < 4.78 is 49.0. The number of nitrogens with zero attached hydrogens (tertiary/aromatic N) is 2. The maximum atomic E-state index is 14.5. The Kier molecular flexibility index (Phi) is 7.94. The average Bonchev–Trinajstić information content (AvgIpc) is 2.74. The first kappa shape index (κ1) is 25.2. The summed E-state index contributed by atoms with van der Waals surface area (Å²) in [5, 5.41) is 11.5. The number of aromatic carboxylic acids is 1. The second-order valence-electron chi connectivity index (χ2n) is 6.82. The van der Waals surface area contributed by atoms with Crippen LogP contribution in [0.3, 0.4) is 0 Å². The van der Waals surface area contributed by atoms with Crippen molar-refractivity contribution in [3.05, 3.63) is 93.7 Å². The van der Waals surface area contributed by atoms with Crippen molar-refractivity contribution in [2.75, 3.05) is 7.11 Å². The number of methoxy groups -OCH3 is 1. The molecule has 1 heterocycles. The fourth-order valence-electron chi connectivity index (χ4n) is 3.58. The van der Waals surface area contributed by atoms with Crippen molar-refractivity contribution in [1.82, 2.24) is 9.55 Å². The molecule has 1 unspecified atom stereocenters. The van der Waals surface area contributed by atoms with Crippen LogP contribution in [0.25, 0.3) is 0 Å². The van der Waals surface area contributed by atoms with Crippen LogP contribution in [0, 0.1) is 0 Å². The molecule has 1 atom stereocenters. The number of carboxylic acids is 1. The molecule has 10 heteroatoms. The molecule has 0 fully saturated rings. The maximum absolute atomic E-state index is 14.5. The van der Waals surface area contributed by atoms with Crippen molar-refractivity contribution in [3.8, 4) is 5.75 Å². The van der Waals surface area contributed by atoms with Gasteiger partial charge in [-0.2, -0.15) is 13.2 Å². The summed E-state index contributed by atoms with van der Waals surface area (Å²) in [5.74, 6) is -6.96. The summed E-state index contributed by atoms with van der Waals surface area (Å²) in [6.45, 7) is 0. The van der Waals surface area contributed by atoms with Crippen molar-refractivity contribution >= 4 is 5.97 Å². The van der Waals surface area contributed by atoms with Gasteiger partial charge in [-0.3, -0.25) is 9.36 Å². The minimum atomic E-state index is -4.87. The first-order valence-corrected chi connectivity index (χ1v) is 9.19. The zero-order valence-electron chi connectivity index (χ0n) is 17.6. The summed E-state index contributed by atoms with van der Waals surface area (Å²) in [6, 6.07) is 15.9. The van der Waals surface area contributed by atoms with Gasteiger partial charge >= 0.3 is 25.0 Å². The average molecular weight is 438 g/mol. The molecule has 1 aromatic heterocycles. The Hall–Kier alpha value is -3.02. The number of carbonyl (C=O) groups is 1. The molecule has 3 rings (SSSR count). The molecule has 3 aromatic rings. The SMILES string of the molecule is COc1c(C(=O)[O-])nc(C(C(c2ccccc2)c2ccccc2)C(F)(F)F)n(C)c1=O.[Li+]. The first-order valence-electron chi connectivity index (χ1n) is 9.19. The third-order valence-corrected chi connectivity index (χ3v) is 4.96. The van der Waals surface area contributed by atoms with E-state index in [1.165, 1.54) is 24.3 Å². The molecule has 0 amide bonds. The Bertz CT molecular complexity index is 1100. The Balaban J connectivity index is 0.00000363. The van der Waals surface area contributed by atoms with Gasteiger partial charge in [0.15, 0.2) is 0 Å². The van der Waals surface area contributed by atoms with Crippen molar-refractivity contribution in [3.63, 3.8) is 0 Å². The number of hydrogen-bond acceptors (Lipinski definition) is 5. The molecule has 0 saturated heterocycles. The molecule has 162 valence electrons. The van der Waals surface area contributed by atoms with Gasteiger partial charge in [0.25, 0.3) is 5.56 Å². The van der Waals surface area contributed by atoms with E-state index in [0.717, 1.165) is 14.2 Å². The second kappa shape index (κ2) is 10.1. The molecule has 0 bridgehead atoms. The number of halogens is 3. The summed E-state index contributed by atoms with van der Waals surface area (Å²) >= 11 is 0. The predicted molar refractivity (Wildman–Crippen MR) is 104 cm³/mol. The maximum Gasteiger partial charge on any atom is 1.00 e. The van der Waals surface area contributed by atoms with Gasteiger partial charge in [-0.1, -0.05) is 60.7 Å². The van der Waals surface area contributed by atoms with E-state index >= 15 is 0 Å². The number of benzene rings is 2. The molecule has 32 heavy (non-hydrogen) atoms. The monoisotopic (exact) mass is 438 g/mol. The van der Waals surface area contributed by atoms with E-state index in [1.807, 2.05) is 0 Å². The molecule has 0 aliphatic carbocycles. The molecular formula is C22H18F3LiN2O4. The topological polar surface area (TPSA) is 84.2 Å². The molecule has 2 aromatic carbocycles. The third-order valence-electron chi connectivity index (χ3n) is 4.96. The van der Waals surface area contributed by atoms with Crippen LogP contribution in [0.4, 0.5) is 13.2 Å². The zero-order chi connectivity index (χ0) is 22.8. The standard InChI is InChI=1S/C22H19F3N2O4.Li/c1-27-19(26-17(21(29)30)18(31-2)20(27)28)16(22(23,24)25)15(13-9-5-3-6-10-13)14-11-7-4-8-12-14;/h3-12,15-16H,1-2H3,(H,29,30);/q;+1/p-1. The minimum Gasteiger partial charge on any atom is -0.543 e. The van der Waals surface area contributed by atoms with E-state index in [0.29, 0.717) is 15.7 Å². The summed E-state index contributed by atoms with van der Waals surface area (Å²) in [4.78, 5) is 27.8. The number of alkyl halides is 3. The Labute approximate surface area is 193 Å². The molecule has 0 aliphatic rings. The Morgan fingerprint density at radius 2 is 1.50 bits per heavy atom. The Morgan fingerprint density at radius 3 is 1.88 bits per heavy atom. The minimum absolute atomic E-state index is 0. The van der Waals surface area contributed by atoms with Gasteiger partial charge in [-0.05, 0) is 11.1 Å². The van der Waals surface area contributed by atoms with E-state index in [-0.39, 0.29) is 18.9 Å². The van der Waals surface area contributed by atoms with Crippen molar-refractivity contribution < 1.29 is 46.7 Å². The number of hydrogen-bond donors (Lipinski definition) is 0. The van der Waals surface area contributed by atoms with Gasteiger partial charge in [0.1, 0.15) is 17.4 Å². The van der Waals surface area contributed by atoms with Crippen LogP contribution < -0.4 is 34.3 Å². The van der Waals surface area contributed by atoms with Gasteiger partial charge < -0.3 is 14.6 Å². The van der Waals surface area contributed by atoms with Crippen LogP contribution in [-0.2, 0) is 7.05 Å². The van der Waals surface area contributed by atoms with Crippen molar-refractivity contribution in [1.29, 1.82) is 0 Å². The van der Waals surface area contributed by atoms with Crippen molar-refractivity contribution in [2.45, 2.75) is 18.0 Å². The molecular weight excluding hydrogens is 420 g/mol. The van der Waals surface area contributed by atoms with Gasteiger partial charge in [0.05, 0.1) is 13.1 Å². The largest absolute Gasteiger partial charge is 1.00 e. The van der Waals surface area contributed by atoms with E-state index in [2.05, 4.69) is 4.98 Å². The van der Waals surface area contributed by atoms with Crippen LogP contribution in [0.15, 0.2) is 65.5 Å². The smallest absolute Gasteiger partial charge is 0.543 e. The molecule has 0 N–H and O–H groups in total. The third kappa shape index (κ3) is 4.90. The molecule has 6 nitrogen and oxygen atoms in total. The van der Waals surface area contributed by atoms with Crippen LogP contribution in [0.5, 0.6) is 5.75 Å². The fourth-order valence-corrected chi connectivity index (χ4v) is 3.58. The van der Waals surface area contributed by atoms with E-state index in [4.69, 9.17) is 4.74 Å². The van der Waals surface area contributed by atoms with E-state index in [9.17, 15) is 27.9 Å². The Morgan fingerprint density at radius 1 is 1.03 bits per heavy atom. The van der Waals surface area contributed by atoms with Gasteiger partial charge in [0.2, 0.25) is 5.75 Å². The molecule has 0 saturated carbocycles. The van der Waals surface area contributed by atoms with Crippen LogP contribution in [-0.4, -0.2) is 28.8 Å². The molecule has 0 aliphatic heterocycles. The predicted octanol–water partition coefficient (Wildman–Crippen LogP) is -0.366. The first-order chi connectivity index (χ1) is 14.7. The van der Waals surface area contributed by atoms with Gasteiger partial charge in [-0.15, -0.1) is 0 Å². The van der Waals surface area contributed by atoms with Gasteiger partial charge in [-0.25, -0.2) is 4.98 Å². The number of carbonyl (C=O) groups excluding carboxylic acids is 1. The van der Waals surface area contributed by atoms with Crippen LogP contribution >= 0.6 is 0 Å². The molecule has 0 radical (unpaired) electrons. The quantitative estimate of drug-likeness (QED) is 0.491. The van der Waals surface area contributed by atoms with Crippen molar-refractivity contribution in [2.24, 2.45) is 7.05 Å². The number of carboxylic acid groups (broad SMARTS) is 1. The summed E-state index contributed by atoms with van der Waals surface area (Å²) in [5.41, 5.74) is -1.37. The zero-order valence-corrected chi connectivity index (χ0v) is 17.6. The summed E-state index contributed by atoms with van der Waals surface area (Å²) in [7, 11) is 2.13. The second-order valence-corrected chi connectivity index (χ2v) is 6.82. The van der Waals surface area contributed by atoms with E-state index in [1.54, 1.807) is 36.4 Å². The summed E-state index contributed by atoms with van der Waals surface area (Å²) in [6.07, 6.45) is -4.87. The van der Waals surface area contributed by atoms with E-state index < -0.39 is 46.8 Å². The fraction of sp³-hybridized carbons (Fsp3) is 0.227. The van der Waals surface area contributed by atoms with Gasteiger partial charge in [0, 0.05) is 13.0 Å². The number of ether oxygens (including phenoxy) is 1. The number of aromatic nitrogens is 2. The number of rotatable bonds is 6. The van der Waals surface area contributed by atoms with Crippen LogP contribution in [0.2, 0.25) is 0 Å².